The first-order chi connectivity index (χ1) is 16.9. The molecule has 3 aromatic carbocycles. The first kappa shape index (κ1) is 29.3. The molecule has 35 heavy (non-hydrogen) atoms. The van der Waals surface area contributed by atoms with Crippen molar-refractivity contribution < 1.29 is 0 Å². The summed E-state index contributed by atoms with van der Waals surface area (Å²) in [5, 5.41) is 4.64. The molecule has 0 bridgehead atoms. The molecule has 0 saturated carbocycles. The van der Waals surface area contributed by atoms with Gasteiger partial charge in [0, 0.05) is 0 Å². The van der Waals surface area contributed by atoms with Crippen LogP contribution < -0.4 is 15.9 Å². The van der Waals surface area contributed by atoms with E-state index >= 15 is 0 Å². The summed E-state index contributed by atoms with van der Waals surface area (Å²) in [5.41, 5.74) is 0. The van der Waals surface area contributed by atoms with E-state index in [2.05, 4.69) is 97.9 Å². The van der Waals surface area contributed by atoms with Gasteiger partial charge in [-0.1, -0.05) is 27.2 Å². The van der Waals surface area contributed by atoms with Crippen molar-refractivity contribution in [2.75, 3.05) is 6.16 Å². The van der Waals surface area contributed by atoms with Crippen LogP contribution in [0, 0.1) is 0 Å². The Labute approximate surface area is 217 Å². The van der Waals surface area contributed by atoms with Gasteiger partial charge in [0.15, 0.2) is 0 Å². The fourth-order valence-electron chi connectivity index (χ4n) is 5.51. The van der Waals surface area contributed by atoms with Crippen LogP contribution in [-0.4, -0.2) is 6.16 Å². The van der Waals surface area contributed by atoms with Gasteiger partial charge >= 0.3 is 191 Å². The third-order valence-electron chi connectivity index (χ3n) is 7.46. The summed E-state index contributed by atoms with van der Waals surface area (Å²) in [4.78, 5) is 0. The third-order valence-corrected chi connectivity index (χ3v) is 12.5. The molecule has 0 radical (unpaired) electrons. The Morgan fingerprint density at radius 2 is 0.686 bits per heavy atom. The van der Waals surface area contributed by atoms with E-state index in [4.69, 9.17) is 0 Å². The van der Waals surface area contributed by atoms with E-state index < -0.39 is 7.26 Å². The van der Waals surface area contributed by atoms with Crippen LogP contribution >= 0.6 is 7.26 Å². The summed E-state index contributed by atoms with van der Waals surface area (Å²) in [7, 11) is -2.02. The zero-order valence-electron chi connectivity index (χ0n) is 21.6. The van der Waals surface area contributed by atoms with Crippen molar-refractivity contribution in [3.8, 4) is 0 Å². The number of benzene rings is 3. The second kappa shape index (κ2) is 17.5. The van der Waals surface area contributed by atoms with Crippen LogP contribution in [0.4, 0.5) is 0 Å². The monoisotopic (exact) mass is 490 g/mol. The van der Waals surface area contributed by atoms with Crippen molar-refractivity contribution in [1.82, 2.24) is 0 Å². The third kappa shape index (κ3) is 9.24. The molecule has 0 heterocycles. The van der Waals surface area contributed by atoms with Crippen LogP contribution in [0.15, 0.2) is 91.0 Å². The molecule has 3 rings (SSSR count). The van der Waals surface area contributed by atoms with E-state index in [1.54, 1.807) is 15.9 Å². The minimum absolute atomic E-state index is 0. The van der Waals surface area contributed by atoms with Gasteiger partial charge in [0.05, 0.1) is 0 Å². The molecule has 0 fully saturated rings. The van der Waals surface area contributed by atoms with Crippen molar-refractivity contribution in [2.45, 2.75) is 97.8 Å². The second-order valence-corrected chi connectivity index (χ2v) is 14.0. The second-order valence-electron chi connectivity index (χ2n) is 10.00. The van der Waals surface area contributed by atoms with E-state index in [0.29, 0.717) is 0 Å². The van der Waals surface area contributed by atoms with E-state index in [0.717, 1.165) is 0 Å². The molecule has 0 amide bonds. The Balaban J connectivity index is 0.00000432. The van der Waals surface area contributed by atoms with Crippen molar-refractivity contribution >= 4 is 23.2 Å². The van der Waals surface area contributed by atoms with Gasteiger partial charge in [0.1, 0.15) is 0 Å². The molecule has 3 aromatic rings. The Bertz CT molecular complexity index is 776. The fraction of sp³-hybridized carbons (Fsp3) is 0.471. The van der Waals surface area contributed by atoms with Gasteiger partial charge in [-0.15, -0.1) is 0 Å². The summed E-state index contributed by atoms with van der Waals surface area (Å²) in [6, 6.07) is 34.1. The molecular weight excluding hydrogens is 439 g/mol. The zero-order valence-corrected chi connectivity index (χ0v) is 22.6. The first-order valence-electron chi connectivity index (χ1n) is 14.0. The number of rotatable bonds is 17. The Morgan fingerprint density at radius 3 is 1.00 bits per heavy atom. The van der Waals surface area contributed by atoms with Gasteiger partial charge in [-0.3, -0.25) is 0 Å². The fourth-order valence-corrected chi connectivity index (χ4v) is 10.4. The number of hydrogen-bond acceptors (Lipinski definition) is 0. The Morgan fingerprint density at radius 1 is 0.400 bits per heavy atom. The minimum atomic E-state index is -2.02. The molecular formula is C34H51P. The summed E-state index contributed by atoms with van der Waals surface area (Å²) in [6.45, 7) is 2.30. The molecule has 192 valence electrons. The molecule has 0 N–H and O–H groups in total. The van der Waals surface area contributed by atoms with Crippen molar-refractivity contribution in [2.24, 2.45) is 0 Å². The van der Waals surface area contributed by atoms with Crippen LogP contribution in [0.3, 0.4) is 0 Å². The van der Waals surface area contributed by atoms with Crippen molar-refractivity contribution in [3.63, 3.8) is 0 Å². The molecule has 0 aliphatic carbocycles. The summed E-state index contributed by atoms with van der Waals surface area (Å²) in [6.07, 6.45) is 19.6. The molecule has 0 nitrogen and oxygen atoms in total. The van der Waals surface area contributed by atoms with Crippen LogP contribution in [0.25, 0.3) is 0 Å². The van der Waals surface area contributed by atoms with Gasteiger partial charge in [0.25, 0.3) is 0 Å². The van der Waals surface area contributed by atoms with Crippen LogP contribution in [0.2, 0.25) is 0 Å². The molecule has 0 aromatic heterocycles. The molecule has 0 spiro atoms. The van der Waals surface area contributed by atoms with Gasteiger partial charge in [-0.2, -0.15) is 0 Å². The normalized spacial score (nSPS) is 11.7. The van der Waals surface area contributed by atoms with E-state index in [-0.39, 0.29) is 7.43 Å². The topological polar surface area (TPSA) is 0 Å². The van der Waals surface area contributed by atoms with Crippen molar-refractivity contribution in [1.29, 1.82) is 0 Å². The summed E-state index contributed by atoms with van der Waals surface area (Å²) in [5.74, 6) is 0. The van der Waals surface area contributed by atoms with Gasteiger partial charge in [0.2, 0.25) is 0 Å². The molecule has 0 aliphatic rings. The predicted molar refractivity (Wildman–Crippen MR) is 164 cm³/mol. The van der Waals surface area contributed by atoms with Gasteiger partial charge < -0.3 is 0 Å². The molecule has 1 heteroatoms. The van der Waals surface area contributed by atoms with Crippen LogP contribution in [0.5, 0.6) is 0 Å². The molecule has 0 atom stereocenters. The van der Waals surface area contributed by atoms with Gasteiger partial charge in [-0.25, -0.2) is 0 Å². The average Bonchev–Trinajstić information content (AvgIpc) is 2.91. The van der Waals surface area contributed by atoms with Crippen molar-refractivity contribution in [3.05, 3.63) is 91.0 Å². The maximum atomic E-state index is 2.38. The standard InChI is InChI=1S/C33H47P.CH4/c1-2-3-4-5-6-7-8-9-10-11-12-13-23-30-34(31-24-17-14-18-25-31,32-26-19-15-20-27-32)33-28-21-16-22-29-33;/h14-22,24-29,34H,2-13,23,30H2,1H3;1H4. The van der Waals surface area contributed by atoms with Crippen LogP contribution in [0.1, 0.15) is 97.8 Å². The molecule has 0 aliphatic heterocycles. The van der Waals surface area contributed by atoms with Crippen LogP contribution in [-0.2, 0) is 0 Å². The molecule has 0 unspecified atom stereocenters. The summed E-state index contributed by atoms with van der Waals surface area (Å²) < 4.78 is 0. The van der Waals surface area contributed by atoms with E-state index in [1.165, 1.54) is 89.6 Å². The number of hydrogen-bond donors (Lipinski definition) is 0. The van der Waals surface area contributed by atoms with E-state index in [9.17, 15) is 0 Å². The quantitative estimate of drug-likeness (QED) is 0.131. The Hall–Kier alpha value is -1.91. The SMILES string of the molecule is C.CCCCCCCCCCCCCCC[PH](c1ccccc1)(c1ccccc1)c1ccccc1. The van der Waals surface area contributed by atoms with Gasteiger partial charge in [-0.05, 0) is 0 Å². The van der Waals surface area contributed by atoms with E-state index in [1.807, 2.05) is 0 Å². The predicted octanol–water partition coefficient (Wildman–Crippen LogP) is 9.44. The number of unbranched alkanes of at least 4 members (excludes halogenated alkanes) is 12. The zero-order chi connectivity index (χ0) is 23.7. The summed E-state index contributed by atoms with van der Waals surface area (Å²) >= 11 is 0. The first-order valence-corrected chi connectivity index (χ1v) is 16.2. The maximum absolute atomic E-state index is 2.38. The molecule has 0 saturated heterocycles. The Kier molecular flexibility index (Phi) is 14.7. The average molecular weight is 491 g/mol.